The van der Waals surface area contributed by atoms with E-state index in [1.165, 1.54) is 250 Å². The SMILES string of the molecule is CC/C=C\C/C=C\C/C=C\C/C=C\CCCCCCCCCCCCCCC(=O)OCC(COC(=O)CCCCCCCCCCCCCCCCCC)OC(=O)CCCCCCCCCCC/C=C\CCCCCCCCCC. The molecule has 0 aromatic carbocycles. The van der Waals surface area contributed by atoms with E-state index >= 15 is 0 Å². The summed E-state index contributed by atoms with van der Waals surface area (Å²) < 4.78 is 17.0. The Bertz CT molecular complexity index is 1430. The Kier molecular flexibility index (Phi) is 66.1. The Morgan fingerprint density at radius 3 is 0.775 bits per heavy atom. The standard InChI is InChI=1S/C74H134O6/c1-4-7-10-13-16-19-22-25-28-31-33-35-36-37-38-40-41-43-46-49-52-55-58-61-64-67-73(76)79-70-71(69-78-72(75)66-63-60-57-54-51-48-45-30-27-24-21-18-15-12-9-6-3)80-74(77)68-65-62-59-56-53-50-47-44-42-39-34-32-29-26-23-20-17-14-11-8-5-2/h7,10,16,19,25,28,32-35,71H,4-6,8-9,11-15,17-18,20-24,26-27,29-31,36-70H2,1-3H3/b10-7-,19-16-,28-25-,34-32-,35-33-. The van der Waals surface area contributed by atoms with Gasteiger partial charge in [-0.25, -0.2) is 0 Å². The topological polar surface area (TPSA) is 78.9 Å². The van der Waals surface area contributed by atoms with Gasteiger partial charge >= 0.3 is 17.9 Å². The monoisotopic (exact) mass is 1120 g/mol. The van der Waals surface area contributed by atoms with Crippen LogP contribution in [0.2, 0.25) is 0 Å². The van der Waals surface area contributed by atoms with E-state index in [1.54, 1.807) is 0 Å². The number of hydrogen-bond donors (Lipinski definition) is 0. The van der Waals surface area contributed by atoms with E-state index in [0.29, 0.717) is 19.3 Å². The van der Waals surface area contributed by atoms with Crippen LogP contribution < -0.4 is 0 Å². The third kappa shape index (κ3) is 65.9. The number of carbonyl (C=O) groups excluding carboxylic acids is 3. The molecule has 0 amide bonds. The second-order valence-electron chi connectivity index (χ2n) is 23.8. The molecular formula is C74H134O6. The number of esters is 3. The van der Waals surface area contributed by atoms with E-state index in [1.807, 2.05) is 0 Å². The van der Waals surface area contributed by atoms with Crippen molar-refractivity contribution in [2.75, 3.05) is 13.2 Å². The molecule has 0 saturated carbocycles. The minimum Gasteiger partial charge on any atom is -0.462 e. The van der Waals surface area contributed by atoms with Crippen molar-refractivity contribution in [1.82, 2.24) is 0 Å². The molecule has 0 aliphatic carbocycles. The second-order valence-corrected chi connectivity index (χ2v) is 23.8. The van der Waals surface area contributed by atoms with Crippen LogP contribution >= 0.6 is 0 Å². The molecule has 6 nitrogen and oxygen atoms in total. The number of rotatable bonds is 65. The zero-order valence-corrected chi connectivity index (χ0v) is 53.6. The van der Waals surface area contributed by atoms with E-state index in [0.717, 1.165) is 83.5 Å². The molecular weight excluding hydrogens is 985 g/mol. The van der Waals surface area contributed by atoms with Crippen molar-refractivity contribution < 1.29 is 28.6 Å². The molecule has 0 aromatic rings. The van der Waals surface area contributed by atoms with Crippen LogP contribution in [-0.2, 0) is 28.6 Å². The molecule has 0 saturated heterocycles. The van der Waals surface area contributed by atoms with Gasteiger partial charge in [-0.2, -0.15) is 0 Å². The van der Waals surface area contributed by atoms with Gasteiger partial charge in [0.15, 0.2) is 6.10 Å². The smallest absolute Gasteiger partial charge is 0.306 e. The molecule has 0 aliphatic heterocycles. The van der Waals surface area contributed by atoms with Crippen molar-refractivity contribution in [2.24, 2.45) is 0 Å². The van der Waals surface area contributed by atoms with Crippen molar-refractivity contribution in [3.63, 3.8) is 0 Å². The number of carbonyl (C=O) groups is 3. The van der Waals surface area contributed by atoms with Crippen LogP contribution in [0.25, 0.3) is 0 Å². The summed E-state index contributed by atoms with van der Waals surface area (Å²) in [6.45, 7) is 6.59. The van der Waals surface area contributed by atoms with Crippen LogP contribution in [0.1, 0.15) is 374 Å². The number of hydrogen-bond acceptors (Lipinski definition) is 6. The van der Waals surface area contributed by atoms with E-state index in [2.05, 4.69) is 81.5 Å². The van der Waals surface area contributed by atoms with Crippen LogP contribution in [0.5, 0.6) is 0 Å². The maximum atomic E-state index is 13.0. The molecule has 0 heterocycles. The summed E-state index contributed by atoms with van der Waals surface area (Å²) in [6.07, 6.45) is 88.1. The van der Waals surface area contributed by atoms with Gasteiger partial charge < -0.3 is 14.2 Å². The highest BCUT2D eigenvalue weighted by atomic mass is 16.6. The highest BCUT2D eigenvalue weighted by Gasteiger charge is 2.19. The highest BCUT2D eigenvalue weighted by Crippen LogP contribution is 2.18. The van der Waals surface area contributed by atoms with E-state index in [9.17, 15) is 14.4 Å². The predicted octanol–water partition coefficient (Wildman–Crippen LogP) is 24.3. The van der Waals surface area contributed by atoms with Crippen molar-refractivity contribution in [2.45, 2.75) is 380 Å². The molecule has 0 radical (unpaired) electrons. The first kappa shape index (κ1) is 77.1. The fourth-order valence-electron chi connectivity index (χ4n) is 10.5. The Hall–Kier alpha value is -2.89. The molecule has 1 atom stereocenters. The van der Waals surface area contributed by atoms with Crippen molar-refractivity contribution >= 4 is 17.9 Å². The largest absolute Gasteiger partial charge is 0.462 e. The summed E-state index contributed by atoms with van der Waals surface area (Å²) in [7, 11) is 0. The first-order valence-electron chi connectivity index (χ1n) is 35.3. The Morgan fingerprint density at radius 2 is 0.487 bits per heavy atom. The lowest BCUT2D eigenvalue weighted by atomic mass is 10.0. The molecule has 0 aromatic heterocycles. The van der Waals surface area contributed by atoms with Gasteiger partial charge in [-0.3, -0.25) is 14.4 Å². The van der Waals surface area contributed by atoms with Crippen molar-refractivity contribution in [3.05, 3.63) is 60.8 Å². The summed E-state index contributed by atoms with van der Waals surface area (Å²) in [6, 6.07) is 0. The van der Waals surface area contributed by atoms with Crippen molar-refractivity contribution in [3.8, 4) is 0 Å². The van der Waals surface area contributed by atoms with Gasteiger partial charge in [0.2, 0.25) is 0 Å². The Labute approximate surface area is 498 Å². The Morgan fingerprint density at radius 1 is 0.263 bits per heavy atom. The molecule has 0 rings (SSSR count). The third-order valence-corrected chi connectivity index (χ3v) is 15.8. The fraction of sp³-hybridized carbons (Fsp3) is 0.824. The summed E-state index contributed by atoms with van der Waals surface area (Å²) >= 11 is 0. The van der Waals surface area contributed by atoms with Gasteiger partial charge in [-0.15, -0.1) is 0 Å². The maximum absolute atomic E-state index is 13.0. The van der Waals surface area contributed by atoms with Gasteiger partial charge in [0.1, 0.15) is 13.2 Å². The minimum atomic E-state index is -0.775. The zero-order chi connectivity index (χ0) is 57.8. The number of ether oxygens (including phenoxy) is 3. The first-order valence-corrected chi connectivity index (χ1v) is 35.3. The highest BCUT2D eigenvalue weighted by molar-refractivity contribution is 5.71. The normalized spacial score (nSPS) is 12.4. The van der Waals surface area contributed by atoms with E-state index in [4.69, 9.17) is 14.2 Å². The fourth-order valence-corrected chi connectivity index (χ4v) is 10.5. The second kappa shape index (κ2) is 68.6. The number of unbranched alkanes of at least 4 members (excludes halogenated alkanes) is 44. The molecule has 0 spiro atoms. The molecule has 80 heavy (non-hydrogen) atoms. The lowest BCUT2D eigenvalue weighted by Crippen LogP contribution is -2.30. The average molecular weight is 1120 g/mol. The van der Waals surface area contributed by atoms with Gasteiger partial charge in [-0.05, 0) is 83.5 Å². The summed E-state index contributed by atoms with van der Waals surface area (Å²) in [4.78, 5) is 38.5. The van der Waals surface area contributed by atoms with Crippen LogP contribution in [-0.4, -0.2) is 37.2 Å². The quantitative estimate of drug-likeness (QED) is 0.0261. The summed E-state index contributed by atoms with van der Waals surface area (Å²) in [5, 5.41) is 0. The maximum Gasteiger partial charge on any atom is 0.306 e. The third-order valence-electron chi connectivity index (χ3n) is 15.8. The molecule has 6 heteroatoms. The number of allylic oxidation sites excluding steroid dienone is 10. The Balaban J connectivity index is 4.31. The van der Waals surface area contributed by atoms with Gasteiger partial charge in [0.25, 0.3) is 0 Å². The van der Waals surface area contributed by atoms with Crippen LogP contribution in [0, 0.1) is 0 Å². The van der Waals surface area contributed by atoms with Crippen LogP contribution in [0.4, 0.5) is 0 Å². The lowest BCUT2D eigenvalue weighted by Gasteiger charge is -2.18. The molecule has 0 fully saturated rings. The lowest BCUT2D eigenvalue weighted by molar-refractivity contribution is -0.167. The molecule has 466 valence electrons. The van der Waals surface area contributed by atoms with Gasteiger partial charge in [0.05, 0.1) is 0 Å². The molecule has 0 bridgehead atoms. The van der Waals surface area contributed by atoms with Crippen LogP contribution in [0.3, 0.4) is 0 Å². The molecule has 0 aliphatic rings. The van der Waals surface area contributed by atoms with Gasteiger partial charge in [0, 0.05) is 19.3 Å². The predicted molar refractivity (Wildman–Crippen MR) is 348 cm³/mol. The summed E-state index contributed by atoms with van der Waals surface area (Å²) in [5.41, 5.74) is 0. The van der Waals surface area contributed by atoms with Gasteiger partial charge in [-0.1, -0.05) is 332 Å². The van der Waals surface area contributed by atoms with E-state index < -0.39 is 6.10 Å². The summed E-state index contributed by atoms with van der Waals surface area (Å²) in [5.74, 6) is -0.849. The van der Waals surface area contributed by atoms with Crippen LogP contribution in [0.15, 0.2) is 60.8 Å². The molecule has 0 N–H and O–H groups in total. The first-order chi connectivity index (χ1) is 39.5. The molecule has 1 unspecified atom stereocenters. The van der Waals surface area contributed by atoms with Crippen molar-refractivity contribution in [1.29, 1.82) is 0 Å². The zero-order valence-electron chi connectivity index (χ0n) is 53.6. The minimum absolute atomic E-state index is 0.0704. The average Bonchev–Trinajstić information content (AvgIpc) is 3.46. The van der Waals surface area contributed by atoms with E-state index in [-0.39, 0.29) is 31.1 Å².